The summed E-state index contributed by atoms with van der Waals surface area (Å²) in [7, 11) is 1.99. The van der Waals surface area contributed by atoms with E-state index in [0.29, 0.717) is 11.6 Å². The number of benzene rings is 3. The van der Waals surface area contributed by atoms with Gasteiger partial charge >= 0.3 is 0 Å². The zero-order chi connectivity index (χ0) is 19.3. The summed E-state index contributed by atoms with van der Waals surface area (Å²) in [5.74, 6) is 2.43. The largest absolute Gasteiger partial charge is 0.457 e. The van der Waals surface area contributed by atoms with Gasteiger partial charge in [-0.3, -0.25) is 0 Å². The first-order chi connectivity index (χ1) is 13.7. The van der Waals surface area contributed by atoms with Gasteiger partial charge in [-0.05, 0) is 42.0 Å². The van der Waals surface area contributed by atoms with Crippen LogP contribution in [-0.2, 0) is 13.6 Å². The van der Waals surface area contributed by atoms with Crippen molar-refractivity contribution in [2.45, 2.75) is 6.54 Å². The fourth-order valence-electron chi connectivity index (χ4n) is 3.01. The molecule has 0 unspecified atom stereocenters. The molecule has 1 aromatic heterocycles. The number of para-hydroxylation sites is 1. The Kier molecular flexibility index (Phi) is 5.31. The summed E-state index contributed by atoms with van der Waals surface area (Å²) in [5, 5.41) is 4.10. The molecule has 4 rings (SSSR count). The monoisotopic (exact) mass is 389 g/mol. The van der Waals surface area contributed by atoms with Crippen molar-refractivity contribution in [1.29, 1.82) is 0 Å². The van der Waals surface area contributed by atoms with Crippen LogP contribution < -0.4 is 10.1 Å². The highest BCUT2D eigenvalue weighted by Crippen LogP contribution is 2.25. The minimum Gasteiger partial charge on any atom is -0.457 e. The van der Waals surface area contributed by atoms with Gasteiger partial charge in [-0.1, -0.05) is 54.1 Å². The Morgan fingerprint density at radius 2 is 1.71 bits per heavy atom. The Balaban J connectivity index is 1.46. The summed E-state index contributed by atoms with van der Waals surface area (Å²) in [4.78, 5) is 4.50. The van der Waals surface area contributed by atoms with Crippen LogP contribution in [0.3, 0.4) is 0 Å². The molecule has 0 amide bonds. The molecule has 1 heterocycles. The second-order valence-electron chi connectivity index (χ2n) is 6.45. The van der Waals surface area contributed by atoms with Crippen molar-refractivity contribution in [2.75, 3.05) is 5.32 Å². The molecule has 4 aromatic rings. The summed E-state index contributed by atoms with van der Waals surface area (Å²) in [6.45, 7) is 0.645. The Hall–Kier alpha value is -3.24. The van der Waals surface area contributed by atoms with Crippen LogP contribution in [0.25, 0.3) is 11.3 Å². The SMILES string of the molecule is Cn1c(-c2cccc(Cl)c2)cnc1NCc1cccc(Oc2ccccc2)c1. The molecular weight excluding hydrogens is 370 g/mol. The molecule has 0 fully saturated rings. The van der Waals surface area contributed by atoms with Crippen molar-refractivity contribution >= 4 is 17.5 Å². The molecule has 0 spiro atoms. The van der Waals surface area contributed by atoms with Gasteiger partial charge in [0.05, 0.1) is 11.9 Å². The molecule has 140 valence electrons. The van der Waals surface area contributed by atoms with Gasteiger partial charge in [0.25, 0.3) is 0 Å². The third-order valence-corrected chi connectivity index (χ3v) is 4.67. The van der Waals surface area contributed by atoms with Crippen LogP contribution in [0.15, 0.2) is 85.1 Å². The maximum Gasteiger partial charge on any atom is 0.203 e. The molecule has 0 aliphatic carbocycles. The van der Waals surface area contributed by atoms with E-state index in [1.165, 1.54) is 0 Å². The van der Waals surface area contributed by atoms with Crippen molar-refractivity contribution in [1.82, 2.24) is 9.55 Å². The average Bonchev–Trinajstić information content (AvgIpc) is 3.08. The number of anilines is 1. The molecule has 0 aliphatic heterocycles. The van der Waals surface area contributed by atoms with Crippen molar-refractivity contribution in [3.63, 3.8) is 0 Å². The maximum atomic E-state index is 6.11. The highest BCUT2D eigenvalue weighted by atomic mass is 35.5. The van der Waals surface area contributed by atoms with Gasteiger partial charge in [0.15, 0.2) is 0 Å². The fraction of sp³-hybridized carbons (Fsp3) is 0.0870. The highest BCUT2D eigenvalue weighted by molar-refractivity contribution is 6.30. The Morgan fingerprint density at radius 1 is 0.929 bits per heavy atom. The number of nitrogens with zero attached hydrogens (tertiary/aromatic N) is 2. The van der Waals surface area contributed by atoms with Crippen LogP contribution in [0.4, 0.5) is 5.95 Å². The molecule has 0 radical (unpaired) electrons. The first kappa shape index (κ1) is 18.1. The Labute approximate surface area is 169 Å². The number of imidazole rings is 1. The number of nitrogens with one attached hydrogen (secondary N) is 1. The van der Waals surface area contributed by atoms with Crippen LogP contribution in [0.1, 0.15) is 5.56 Å². The lowest BCUT2D eigenvalue weighted by molar-refractivity contribution is 0.482. The van der Waals surface area contributed by atoms with Gasteiger partial charge in [0.1, 0.15) is 11.5 Å². The predicted molar refractivity (Wildman–Crippen MR) is 114 cm³/mol. The number of aromatic nitrogens is 2. The Bertz CT molecular complexity index is 1080. The van der Waals surface area contributed by atoms with Crippen LogP contribution in [-0.4, -0.2) is 9.55 Å². The zero-order valence-electron chi connectivity index (χ0n) is 15.5. The number of hydrogen-bond acceptors (Lipinski definition) is 3. The fourth-order valence-corrected chi connectivity index (χ4v) is 3.20. The smallest absolute Gasteiger partial charge is 0.203 e. The quantitative estimate of drug-likeness (QED) is 0.430. The number of halogens is 1. The summed E-state index contributed by atoms with van der Waals surface area (Å²) < 4.78 is 7.93. The minimum atomic E-state index is 0.645. The first-order valence-electron chi connectivity index (χ1n) is 9.02. The molecule has 0 atom stereocenters. The molecule has 0 bridgehead atoms. The molecule has 1 N–H and O–H groups in total. The van der Waals surface area contributed by atoms with E-state index in [4.69, 9.17) is 16.3 Å². The van der Waals surface area contributed by atoms with Crippen LogP contribution in [0, 0.1) is 0 Å². The zero-order valence-corrected chi connectivity index (χ0v) is 16.2. The lowest BCUT2D eigenvalue weighted by Gasteiger charge is -2.10. The highest BCUT2D eigenvalue weighted by Gasteiger charge is 2.09. The van der Waals surface area contributed by atoms with Gasteiger partial charge in [-0.2, -0.15) is 0 Å². The van der Waals surface area contributed by atoms with Crippen LogP contribution in [0.5, 0.6) is 11.5 Å². The lowest BCUT2D eigenvalue weighted by atomic mass is 10.2. The maximum absolute atomic E-state index is 6.11. The van der Waals surface area contributed by atoms with Gasteiger partial charge < -0.3 is 14.6 Å². The van der Waals surface area contributed by atoms with Gasteiger partial charge in [0, 0.05) is 24.2 Å². The van der Waals surface area contributed by atoms with Crippen molar-refractivity contribution in [3.8, 4) is 22.8 Å². The van der Waals surface area contributed by atoms with Crippen molar-refractivity contribution in [3.05, 3.63) is 95.6 Å². The topological polar surface area (TPSA) is 39.1 Å². The van der Waals surface area contributed by atoms with E-state index in [-0.39, 0.29) is 0 Å². The molecule has 3 aromatic carbocycles. The van der Waals surface area contributed by atoms with E-state index in [9.17, 15) is 0 Å². The van der Waals surface area contributed by atoms with Gasteiger partial charge in [-0.25, -0.2) is 4.98 Å². The van der Waals surface area contributed by atoms with E-state index in [1.807, 2.05) is 90.6 Å². The lowest BCUT2D eigenvalue weighted by Crippen LogP contribution is -2.05. The summed E-state index contributed by atoms with van der Waals surface area (Å²) >= 11 is 6.11. The summed E-state index contributed by atoms with van der Waals surface area (Å²) in [6.07, 6.45) is 1.85. The number of rotatable bonds is 6. The van der Waals surface area contributed by atoms with Crippen molar-refractivity contribution in [2.24, 2.45) is 7.05 Å². The molecule has 0 saturated heterocycles. The molecule has 4 nitrogen and oxygen atoms in total. The molecule has 0 saturated carbocycles. The third-order valence-electron chi connectivity index (χ3n) is 4.44. The molecule has 5 heteroatoms. The Morgan fingerprint density at radius 3 is 2.54 bits per heavy atom. The number of ether oxygens (including phenoxy) is 1. The predicted octanol–water partition coefficient (Wildman–Crippen LogP) is 6.14. The summed E-state index contributed by atoms with van der Waals surface area (Å²) in [5.41, 5.74) is 3.15. The van der Waals surface area contributed by atoms with E-state index < -0.39 is 0 Å². The second kappa shape index (κ2) is 8.19. The van der Waals surface area contributed by atoms with Gasteiger partial charge in [-0.15, -0.1) is 0 Å². The second-order valence-corrected chi connectivity index (χ2v) is 6.89. The standard InChI is InChI=1S/C23H20ClN3O/c1-27-22(18-8-6-9-19(24)14-18)16-26-23(27)25-15-17-7-5-12-21(13-17)28-20-10-3-2-4-11-20/h2-14,16H,15H2,1H3,(H,25,26). The average molecular weight is 390 g/mol. The normalized spacial score (nSPS) is 10.6. The third kappa shape index (κ3) is 4.18. The van der Waals surface area contributed by atoms with Crippen LogP contribution >= 0.6 is 11.6 Å². The first-order valence-corrected chi connectivity index (χ1v) is 9.40. The molecule has 28 heavy (non-hydrogen) atoms. The van der Waals surface area contributed by atoms with Crippen LogP contribution in [0.2, 0.25) is 5.02 Å². The molecule has 0 aliphatic rings. The number of hydrogen-bond donors (Lipinski definition) is 1. The van der Waals surface area contributed by atoms with E-state index in [2.05, 4.69) is 16.4 Å². The van der Waals surface area contributed by atoms with E-state index in [1.54, 1.807) is 0 Å². The molecular formula is C23H20ClN3O. The van der Waals surface area contributed by atoms with E-state index >= 15 is 0 Å². The minimum absolute atomic E-state index is 0.645. The van der Waals surface area contributed by atoms with Crippen molar-refractivity contribution < 1.29 is 4.74 Å². The summed E-state index contributed by atoms with van der Waals surface area (Å²) in [6, 6.07) is 25.6. The van der Waals surface area contributed by atoms with Gasteiger partial charge in [0.2, 0.25) is 5.95 Å². The van der Waals surface area contributed by atoms with E-state index in [0.717, 1.165) is 34.3 Å².